The van der Waals surface area contributed by atoms with Gasteiger partial charge in [0, 0.05) is 51.4 Å². The molecule has 3 aromatic rings. The van der Waals surface area contributed by atoms with Crippen LogP contribution < -0.4 is 5.32 Å². The molecule has 6 rings (SSSR count). The van der Waals surface area contributed by atoms with Crippen molar-refractivity contribution in [3.63, 3.8) is 0 Å². The molecule has 46 heavy (non-hydrogen) atoms. The van der Waals surface area contributed by atoms with E-state index in [2.05, 4.69) is 38.9 Å². The van der Waals surface area contributed by atoms with Gasteiger partial charge in [-0.25, -0.2) is 0 Å². The first-order valence-electron chi connectivity index (χ1n) is 16.0. The van der Waals surface area contributed by atoms with Gasteiger partial charge in [0.2, 0.25) is 5.91 Å². The molecule has 12 heteroatoms. The summed E-state index contributed by atoms with van der Waals surface area (Å²) in [5.41, 5.74) is 4.19. The molecule has 2 aromatic carbocycles. The summed E-state index contributed by atoms with van der Waals surface area (Å²) in [5, 5.41) is 28.9. The number of nitriles is 1. The lowest BCUT2D eigenvalue weighted by Gasteiger charge is -2.37. The standard InChI is InChI=1S/C34H41N9O3/c1-6-25(36-19-30(44)43-26(18-35)15-24-16-29(24)43)17-34(33-37-39-40-38-33)27-11-9-22(31(45)41(2)3)13-20(27)7-8-21-14-23(10-12-28(21)34)32(46)42(4)5/h9-14,24-26,29,36H,6-8,15-17,19H2,1-5H3,(H,37,38,39,40)/t24-,25-,26+,29+/m1/s1. The van der Waals surface area contributed by atoms with Gasteiger partial charge in [-0.1, -0.05) is 24.3 Å². The number of aromatic amines is 1. The molecular formula is C34H41N9O3. The first-order chi connectivity index (χ1) is 22.1. The number of hydrogen-bond acceptors (Lipinski definition) is 8. The van der Waals surface area contributed by atoms with Gasteiger partial charge in [0.25, 0.3) is 11.8 Å². The molecule has 0 bridgehead atoms. The minimum Gasteiger partial charge on any atom is -0.345 e. The van der Waals surface area contributed by atoms with E-state index in [9.17, 15) is 19.6 Å². The summed E-state index contributed by atoms with van der Waals surface area (Å²) in [6.45, 7) is 2.20. The number of rotatable bonds is 9. The Balaban J connectivity index is 1.44. The van der Waals surface area contributed by atoms with Crippen molar-refractivity contribution in [2.24, 2.45) is 5.92 Å². The molecule has 2 N–H and O–H groups in total. The van der Waals surface area contributed by atoms with E-state index in [1.54, 1.807) is 42.9 Å². The summed E-state index contributed by atoms with van der Waals surface area (Å²) >= 11 is 0. The number of amides is 3. The lowest BCUT2D eigenvalue weighted by molar-refractivity contribution is -0.131. The molecule has 0 spiro atoms. The zero-order valence-corrected chi connectivity index (χ0v) is 27.1. The number of H-pyrrole nitrogens is 1. The zero-order chi connectivity index (χ0) is 32.7. The third-order valence-corrected chi connectivity index (χ3v) is 9.96. The van der Waals surface area contributed by atoms with E-state index in [1.165, 1.54) is 0 Å². The maximum atomic E-state index is 13.4. The maximum absolute atomic E-state index is 13.4. The van der Waals surface area contributed by atoms with Crippen molar-refractivity contribution in [3.05, 3.63) is 75.6 Å². The van der Waals surface area contributed by atoms with Gasteiger partial charge in [-0.3, -0.25) is 14.4 Å². The molecule has 2 fully saturated rings. The van der Waals surface area contributed by atoms with Crippen molar-refractivity contribution >= 4 is 17.7 Å². The summed E-state index contributed by atoms with van der Waals surface area (Å²) in [5.74, 6) is 0.701. The van der Waals surface area contributed by atoms with Crippen LogP contribution in [0, 0.1) is 17.2 Å². The van der Waals surface area contributed by atoms with Crippen LogP contribution >= 0.6 is 0 Å². The number of tetrazole rings is 1. The van der Waals surface area contributed by atoms with Crippen molar-refractivity contribution in [1.82, 2.24) is 40.6 Å². The molecule has 12 nitrogen and oxygen atoms in total. The Hall–Kier alpha value is -4.63. The van der Waals surface area contributed by atoms with Crippen molar-refractivity contribution in [1.29, 1.82) is 5.26 Å². The third kappa shape index (κ3) is 5.42. The van der Waals surface area contributed by atoms with Crippen LogP contribution in [0.5, 0.6) is 0 Å². The Morgan fingerprint density at radius 1 is 1.02 bits per heavy atom. The highest BCUT2D eigenvalue weighted by Crippen LogP contribution is 2.48. The molecule has 1 aliphatic heterocycles. The number of aryl methyl sites for hydroxylation is 2. The van der Waals surface area contributed by atoms with Crippen LogP contribution in [0.1, 0.15) is 81.4 Å². The van der Waals surface area contributed by atoms with Crippen LogP contribution in [0.4, 0.5) is 0 Å². The second kappa shape index (κ2) is 12.3. The lowest BCUT2D eigenvalue weighted by atomic mass is 9.67. The minimum atomic E-state index is -0.908. The number of piperidine rings is 1. The molecule has 0 radical (unpaired) electrons. The molecular weight excluding hydrogens is 582 g/mol. The fraction of sp³-hybridized carbons (Fsp3) is 0.500. The van der Waals surface area contributed by atoms with E-state index in [-0.39, 0.29) is 42.4 Å². The second-order valence-electron chi connectivity index (χ2n) is 13.2. The Labute approximate surface area is 269 Å². The fourth-order valence-electron chi connectivity index (χ4n) is 7.51. The van der Waals surface area contributed by atoms with Crippen molar-refractivity contribution in [2.45, 2.75) is 69.0 Å². The van der Waals surface area contributed by atoms with E-state index in [0.717, 1.165) is 35.1 Å². The van der Waals surface area contributed by atoms with Crippen LogP contribution in [0.3, 0.4) is 0 Å². The number of nitrogens with zero attached hydrogens (tertiary/aromatic N) is 7. The SMILES string of the molecule is CC[C@H](CC1(c2nn[nH]n2)c2ccc(C(=O)N(C)C)cc2CCc2cc(C(=O)N(C)C)ccc21)NCC(=O)N1[C@H](C#N)C[C@@H]2C[C@@H]21. The Morgan fingerprint density at radius 3 is 2.13 bits per heavy atom. The Morgan fingerprint density at radius 2 is 1.63 bits per heavy atom. The van der Waals surface area contributed by atoms with Crippen molar-refractivity contribution < 1.29 is 14.4 Å². The van der Waals surface area contributed by atoms with E-state index < -0.39 is 5.41 Å². The Bertz CT molecular complexity index is 1620. The van der Waals surface area contributed by atoms with E-state index in [0.29, 0.717) is 48.6 Å². The molecule has 3 aliphatic rings. The second-order valence-corrected chi connectivity index (χ2v) is 13.2. The van der Waals surface area contributed by atoms with E-state index in [4.69, 9.17) is 0 Å². The predicted molar refractivity (Wildman–Crippen MR) is 170 cm³/mol. The average molecular weight is 624 g/mol. The average Bonchev–Trinajstić information content (AvgIpc) is 3.43. The van der Waals surface area contributed by atoms with Crippen LogP contribution in [-0.4, -0.2) is 106 Å². The number of carbonyl (C=O) groups excluding carboxylic acids is 3. The zero-order valence-electron chi connectivity index (χ0n) is 27.1. The summed E-state index contributed by atoms with van der Waals surface area (Å²) in [4.78, 5) is 44.4. The molecule has 240 valence electrons. The molecule has 1 saturated carbocycles. The molecule has 2 aliphatic carbocycles. The molecule has 4 atom stereocenters. The van der Waals surface area contributed by atoms with Gasteiger partial charge in [-0.05, 0) is 91.0 Å². The first-order valence-corrected chi connectivity index (χ1v) is 16.0. The molecule has 0 unspecified atom stereocenters. The maximum Gasteiger partial charge on any atom is 0.253 e. The number of hydrogen-bond donors (Lipinski definition) is 2. The first kappa shape index (κ1) is 31.4. The van der Waals surface area contributed by atoms with Gasteiger partial charge in [-0.2, -0.15) is 10.5 Å². The van der Waals surface area contributed by atoms with Crippen molar-refractivity contribution in [3.8, 4) is 6.07 Å². The van der Waals surface area contributed by atoms with Crippen LogP contribution in [-0.2, 0) is 23.1 Å². The number of fused-ring (bicyclic) bond motifs is 3. The summed E-state index contributed by atoms with van der Waals surface area (Å²) in [6.07, 6.45) is 4.23. The summed E-state index contributed by atoms with van der Waals surface area (Å²) in [6, 6.07) is 13.6. The van der Waals surface area contributed by atoms with Crippen molar-refractivity contribution in [2.75, 3.05) is 34.7 Å². The quantitative estimate of drug-likeness (QED) is 0.369. The summed E-state index contributed by atoms with van der Waals surface area (Å²) in [7, 11) is 6.94. The van der Waals surface area contributed by atoms with Gasteiger partial charge in [-0.15, -0.1) is 10.2 Å². The van der Waals surface area contributed by atoms with E-state index in [1.807, 2.05) is 36.4 Å². The van der Waals surface area contributed by atoms with Gasteiger partial charge < -0.3 is 20.0 Å². The highest BCUT2D eigenvalue weighted by atomic mass is 16.2. The number of likely N-dealkylation sites (tertiary alicyclic amines) is 1. The van der Waals surface area contributed by atoms with Crippen LogP contribution in [0.25, 0.3) is 0 Å². The molecule has 2 heterocycles. The van der Waals surface area contributed by atoms with Crippen LogP contribution in [0.2, 0.25) is 0 Å². The fourth-order valence-corrected chi connectivity index (χ4v) is 7.51. The molecule has 3 amide bonds. The summed E-state index contributed by atoms with van der Waals surface area (Å²) < 4.78 is 0. The van der Waals surface area contributed by atoms with Gasteiger partial charge in [0.15, 0.2) is 5.82 Å². The van der Waals surface area contributed by atoms with Gasteiger partial charge in [0.1, 0.15) is 6.04 Å². The third-order valence-electron chi connectivity index (χ3n) is 9.96. The minimum absolute atomic E-state index is 0.0519. The molecule has 1 saturated heterocycles. The van der Waals surface area contributed by atoms with Crippen LogP contribution in [0.15, 0.2) is 36.4 Å². The lowest BCUT2D eigenvalue weighted by Crippen LogP contribution is -2.47. The van der Waals surface area contributed by atoms with Gasteiger partial charge >= 0.3 is 0 Å². The number of aromatic nitrogens is 4. The smallest absolute Gasteiger partial charge is 0.253 e. The largest absolute Gasteiger partial charge is 0.345 e. The normalized spacial score (nSPS) is 21.2. The Kier molecular flexibility index (Phi) is 8.37. The highest BCUT2D eigenvalue weighted by Gasteiger charge is 2.54. The number of nitrogens with one attached hydrogen (secondary N) is 2. The number of carbonyl (C=O) groups is 3. The molecule has 1 aromatic heterocycles. The number of benzene rings is 2. The topological polar surface area (TPSA) is 151 Å². The predicted octanol–water partition coefficient (Wildman–Crippen LogP) is 2.31. The highest BCUT2D eigenvalue weighted by molar-refractivity contribution is 5.95. The van der Waals surface area contributed by atoms with Gasteiger partial charge in [0.05, 0.1) is 18.0 Å². The van der Waals surface area contributed by atoms with E-state index >= 15 is 0 Å². The monoisotopic (exact) mass is 623 g/mol.